The lowest BCUT2D eigenvalue weighted by atomic mass is 10.3. The van der Waals surface area contributed by atoms with Gasteiger partial charge < -0.3 is 15.4 Å². The highest BCUT2D eigenvalue weighted by molar-refractivity contribution is 7.11. The second kappa shape index (κ2) is 5.39. The summed E-state index contributed by atoms with van der Waals surface area (Å²) in [4.78, 5) is 2.24. The van der Waals surface area contributed by atoms with Crippen molar-refractivity contribution in [3.05, 3.63) is 0 Å². The summed E-state index contributed by atoms with van der Waals surface area (Å²) in [5, 5.41) is 1.03. The van der Waals surface area contributed by atoms with Crippen LogP contribution in [0.5, 0.6) is 5.75 Å². The maximum absolute atomic E-state index is 5.83. The summed E-state index contributed by atoms with van der Waals surface area (Å²) in [6.45, 7) is 11.3. The number of anilines is 2. The first kappa shape index (κ1) is 13.1. The fourth-order valence-corrected chi connectivity index (χ4v) is 2.51. The fourth-order valence-electron chi connectivity index (χ4n) is 1.56. The minimum atomic E-state index is 0.114. The third-order valence-corrected chi connectivity index (χ3v) is 3.12. The summed E-state index contributed by atoms with van der Waals surface area (Å²) in [6.07, 6.45) is 0.114. The highest BCUT2D eigenvalue weighted by Crippen LogP contribution is 2.39. The van der Waals surface area contributed by atoms with E-state index in [-0.39, 0.29) is 6.10 Å². The van der Waals surface area contributed by atoms with Gasteiger partial charge in [-0.2, -0.15) is 4.37 Å². The van der Waals surface area contributed by atoms with Crippen molar-refractivity contribution in [1.82, 2.24) is 4.37 Å². The number of nitrogen functional groups attached to an aromatic ring is 1. The Morgan fingerprint density at radius 3 is 2.44 bits per heavy atom. The maximum Gasteiger partial charge on any atom is 0.198 e. The molecule has 0 atom stereocenters. The number of hydrogen-bond donors (Lipinski definition) is 1. The van der Waals surface area contributed by atoms with Crippen LogP contribution in [0.4, 0.5) is 10.8 Å². The second-order valence-corrected chi connectivity index (χ2v) is 5.00. The molecule has 1 aromatic rings. The van der Waals surface area contributed by atoms with Gasteiger partial charge in [0, 0.05) is 12.6 Å². The number of rotatable bonds is 5. The Bertz CT molecular complexity index is 336. The molecule has 0 spiro atoms. The summed E-state index contributed by atoms with van der Waals surface area (Å²) in [7, 11) is 0. The third kappa shape index (κ3) is 2.78. The van der Waals surface area contributed by atoms with Crippen LogP contribution in [0.1, 0.15) is 34.6 Å². The lowest BCUT2D eigenvalue weighted by Crippen LogP contribution is -2.30. The number of nitrogens with two attached hydrogens (primary N) is 1. The molecule has 0 amide bonds. The molecule has 0 aliphatic rings. The quantitative estimate of drug-likeness (QED) is 0.864. The summed E-state index contributed by atoms with van der Waals surface area (Å²) in [6, 6.07) is 0.416. The first-order chi connectivity index (χ1) is 7.47. The first-order valence-corrected chi connectivity index (χ1v) is 6.43. The molecule has 16 heavy (non-hydrogen) atoms. The van der Waals surface area contributed by atoms with Gasteiger partial charge in [-0.3, -0.25) is 0 Å². The van der Waals surface area contributed by atoms with E-state index in [0.29, 0.717) is 11.9 Å². The molecule has 0 saturated heterocycles. The largest absolute Gasteiger partial charge is 0.484 e. The van der Waals surface area contributed by atoms with Crippen molar-refractivity contribution in [2.75, 3.05) is 17.2 Å². The molecule has 0 saturated carbocycles. The Balaban J connectivity index is 3.03. The van der Waals surface area contributed by atoms with E-state index in [9.17, 15) is 0 Å². The molecule has 2 N–H and O–H groups in total. The van der Waals surface area contributed by atoms with E-state index in [1.807, 2.05) is 13.8 Å². The van der Waals surface area contributed by atoms with Crippen LogP contribution in [0.15, 0.2) is 0 Å². The van der Waals surface area contributed by atoms with Crippen molar-refractivity contribution in [1.29, 1.82) is 0 Å². The Labute approximate surface area is 102 Å². The Hall–Kier alpha value is -0.970. The first-order valence-electron chi connectivity index (χ1n) is 5.65. The molecule has 0 fully saturated rings. The zero-order valence-electron chi connectivity index (χ0n) is 10.7. The van der Waals surface area contributed by atoms with Gasteiger partial charge in [0.15, 0.2) is 16.6 Å². The fraction of sp³-hybridized carbons (Fsp3) is 0.727. The number of aromatic nitrogens is 1. The zero-order chi connectivity index (χ0) is 12.3. The molecular weight excluding hydrogens is 222 g/mol. The van der Waals surface area contributed by atoms with E-state index < -0.39 is 0 Å². The van der Waals surface area contributed by atoms with Crippen molar-refractivity contribution >= 4 is 22.4 Å². The molecule has 1 rings (SSSR count). The summed E-state index contributed by atoms with van der Waals surface area (Å²) in [5.41, 5.74) is 5.83. The van der Waals surface area contributed by atoms with Crippen LogP contribution in [0.2, 0.25) is 0 Å². The van der Waals surface area contributed by atoms with Gasteiger partial charge in [0.2, 0.25) is 0 Å². The number of ether oxygens (including phenoxy) is 1. The van der Waals surface area contributed by atoms with Gasteiger partial charge in [-0.25, -0.2) is 0 Å². The van der Waals surface area contributed by atoms with Gasteiger partial charge in [-0.1, -0.05) is 0 Å². The molecule has 5 heteroatoms. The average Bonchev–Trinajstić information content (AvgIpc) is 2.50. The number of hydrogen-bond acceptors (Lipinski definition) is 5. The summed E-state index contributed by atoms with van der Waals surface area (Å²) < 4.78 is 9.90. The molecule has 0 aromatic carbocycles. The van der Waals surface area contributed by atoms with Gasteiger partial charge in [0.1, 0.15) is 0 Å². The number of nitrogens with zero attached hydrogens (tertiary/aromatic N) is 2. The third-order valence-electron chi connectivity index (χ3n) is 2.24. The van der Waals surface area contributed by atoms with Crippen LogP contribution in [0.25, 0.3) is 0 Å². The van der Waals surface area contributed by atoms with E-state index >= 15 is 0 Å². The van der Waals surface area contributed by atoms with Crippen molar-refractivity contribution in [3.63, 3.8) is 0 Å². The topological polar surface area (TPSA) is 51.4 Å². The van der Waals surface area contributed by atoms with Crippen molar-refractivity contribution < 1.29 is 4.74 Å². The Morgan fingerprint density at radius 1 is 1.38 bits per heavy atom. The van der Waals surface area contributed by atoms with Crippen LogP contribution in [-0.4, -0.2) is 23.1 Å². The van der Waals surface area contributed by atoms with E-state index in [1.165, 1.54) is 11.5 Å². The molecular formula is C11H21N3OS. The van der Waals surface area contributed by atoms with Crippen molar-refractivity contribution in [3.8, 4) is 5.75 Å². The molecule has 0 aliphatic heterocycles. The molecule has 0 aliphatic carbocycles. The van der Waals surface area contributed by atoms with Gasteiger partial charge >= 0.3 is 0 Å². The molecule has 1 heterocycles. The smallest absolute Gasteiger partial charge is 0.198 e. The summed E-state index contributed by atoms with van der Waals surface area (Å²) in [5.74, 6) is 1.23. The van der Waals surface area contributed by atoms with E-state index in [1.54, 1.807) is 0 Å². The maximum atomic E-state index is 5.83. The van der Waals surface area contributed by atoms with E-state index in [4.69, 9.17) is 10.5 Å². The second-order valence-electron chi connectivity index (χ2n) is 4.25. The Morgan fingerprint density at radius 2 is 2.00 bits per heavy atom. The average molecular weight is 243 g/mol. The van der Waals surface area contributed by atoms with Crippen LogP contribution in [-0.2, 0) is 0 Å². The molecule has 0 radical (unpaired) electrons. The molecule has 0 bridgehead atoms. The van der Waals surface area contributed by atoms with Crippen LogP contribution < -0.4 is 15.4 Å². The lowest BCUT2D eigenvalue weighted by molar-refractivity contribution is 0.244. The van der Waals surface area contributed by atoms with Gasteiger partial charge in [0.25, 0.3) is 0 Å². The standard InChI is InChI=1S/C11H21N3OS/c1-6-14(7(2)3)11-9(15-8(4)5)10(12)13-16-11/h7-8H,6H2,1-5H3,(H2,12,13). The van der Waals surface area contributed by atoms with E-state index in [0.717, 1.165) is 17.3 Å². The zero-order valence-corrected chi connectivity index (χ0v) is 11.5. The SMILES string of the molecule is CCN(c1snc(N)c1OC(C)C)C(C)C. The van der Waals surface area contributed by atoms with Gasteiger partial charge in [-0.15, -0.1) is 0 Å². The monoisotopic (exact) mass is 243 g/mol. The predicted octanol–water partition coefficient (Wildman–Crippen LogP) is 2.75. The van der Waals surface area contributed by atoms with E-state index in [2.05, 4.69) is 30.0 Å². The minimum absolute atomic E-state index is 0.114. The Kier molecular flexibility index (Phi) is 4.41. The van der Waals surface area contributed by atoms with Gasteiger partial charge in [-0.05, 0) is 46.2 Å². The van der Waals surface area contributed by atoms with Crippen molar-refractivity contribution in [2.45, 2.75) is 46.8 Å². The molecule has 92 valence electrons. The normalized spacial score (nSPS) is 11.2. The van der Waals surface area contributed by atoms with Crippen molar-refractivity contribution in [2.24, 2.45) is 0 Å². The molecule has 0 unspecified atom stereocenters. The minimum Gasteiger partial charge on any atom is -0.484 e. The van der Waals surface area contributed by atoms with Crippen LogP contribution in [0, 0.1) is 0 Å². The highest BCUT2D eigenvalue weighted by Gasteiger charge is 2.20. The summed E-state index contributed by atoms with van der Waals surface area (Å²) >= 11 is 1.41. The van der Waals surface area contributed by atoms with Crippen LogP contribution in [0.3, 0.4) is 0 Å². The highest BCUT2D eigenvalue weighted by atomic mass is 32.1. The predicted molar refractivity (Wildman–Crippen MR) is 70.4 cm³/mol. The van der Waals surface area contributed by atoms with Crippen LogP contribution >= 0.6 is 11.5 Å². The lowest BCUT2D eigenvalue weighted by Gasteiger charge is -2.26. The molecule has 1 aromatic heterocycles. The molecule has 4 nitrogen and oxygen atoms in total. The van der Waals surface area contributed by atoms with Gasteiger partial charge in [0.05, 0.1) is 6.10 Å².